The van der Waals surface area contributed by atoms with E-state index in [2.05, 4.69) is 10.3 Å². The van der Waals surface area contributed by atoms with Crippen molar-refractivity contribution in [3.05, 3.63) is 44.0 Å². The fourth-order valence-electron chi connectivity index (χ4n) is 1.50. The molecule has 0 saturated heterocycles. The van der Waals surface area contributed by atoms with E-state index in [1.807, 2.05) is 12.1 Å². The number of thiophene rings is 1. The number of nitrogens with zero attached hydrogens (tertiary/aromatic N) is 1. The summed E-state index contributed by atoms with van der Waals surface area (Å²) in [5, 5.41) is 11.4. The molecule has 2 N–H and O–H groups in total. The highest BCUT2D eigenvalue weighted by Crippen LogP contribution is 2.18. The van der Waals surface area contributed by atoms with Crippen molar-refractivity contribution in [1.29, 1.82) is 0 Å². The van der Waals surface area contributed by atoms with Gasteiger partial charge in [-0.05, 0) is 25.1 Å². The van der Waals surface area contributed by atoms with Crippen molar-refractivity contribution in [2.75, 3.05) is 0 Å². The van der Waals surface area contributed by atoms with Gasteiger partial charge < -0.3 is 10.4 Å². The predicted molar refractivity (Wildman–Crippen MR) is 79.0 cm³/mol. The summed E-state index contributed by atoms with van der Waals surface area (Å²) in [6, 6.07) is 3.69. The van der Waals surface area contributed by atoms with Gasteiger partial charge >= 0.3 is 5.97 Å². The molecule has 7 heteroatoms. The van der Waals surface area contributed by atoms with Crippen molar-refractivity contribution < 1.29 is 14.7 Å². The van der Waals surface area contributed by atoms with Crippen LogP contribution in [0.4, 0.5) is 0 Å². The number of carboxylic acids is 1. The number of aryl methyl sites for hydroxylation is 1. The summed E-state index contributed by atoms with van der Waals surface area (Å²) in [7, 11) is 0. The summed E-state index contributed by atoms with van der Waals surface area (Å²) in [5.74, 6) is -1.12. The molecule has 2 heterocycles. The maximum absolute atomic E-state index is 11.9. The number of thiazole rings is 1. The lowest BCUT2D eigenvalue weighted by atomic mass is 10.3. The number of amides is 1. The van der Waals surface area contributed by atoms with E-state index < -0.39 is 5.97 Å². The Hall–Kier alpha value is -1.99. The van der Waals surface area contributed by atoms with Crippen LogP contribution in [0.15, 0.2) is 23.7 Å². The lowest BCUT2D eigenvalue weighted by Gasteiger charge is -2.01. The van der Waals surface area contributed by atoms with Crippen LogP contribution in [-0.2, 0) is 11.3 Å². The number of carbonyl (C=O) groups is 2. The number of hydrogen-bond acceptors (Lipinski definition) is 5. The SMILES string of the molecule is Cc1ncsc1C(=O)NCc1ccc(C=CC(=O)O)s1. The van der Waals surface area contributed by atoms with Crippen molar-refractivity contribution >= 4 is 40.6 Å². The molecule has 20 heavy (non-hydrogen) atoms. The van der Waals surface area contributed by atoms with Gasteiger partial charge in [-0.2, -0.15) is 0 Å². The molecule has 1 amide bonds. The number of nitrogens with one attached hydrogen (secondary N) is 1. The second-order valence-corrected chi connectivity index (χ2v) is 5.98. The molecule has 0 spiro atoms. The Kier molecular flexibility index (Phi) is 4.65. The molecule has 2 aromatic heterocycles. The molecule has 0 radical (unpaired) electrons. The van der Waals surface area contributed by atoms with Gasteiger partial charge in [0.05, 0.1) is 17.7 Å². The second kappa shape index (κ2) is 6.44. The van der Waals surface area contributed by atoms with Gasteiger partial charge in [-0.25, -0.2) is 9.78 Å². The van der Waals surface area contributed by atoms with Crippen molar-refractivity contribution in [3.63, 3.8) is 0 Å². The van der Waals surface area contributed by atoms with E-state index >= 15 is 0 Å². The first kappa shape index (κ1) is 14.4. The van der Waals surface area contributed by atoms with Crippen molar-refractivity contribution in [3.8, 4) is 0 Å². The van der Waals surface area contributed by atoms with Crippen LogP contribution in [-0.4, -0.2) is 22.0 Å². The van der Waals surface area contributed by atoms with Crippen LogP contribution in [0.1, 0.15) is 25.1 Å². The molecule has 2 rings (SSSR count). The minimum absolute atomic E-state index is 0.138. The fraction of sp³-hybridized carbons (Fsp3) is 0.154. The molecule has 5 nitrogen and oxygen atoms in total. The number of rotatable bonds is 5. The molecular formula is C13H12N2O3S2. The maximum atomic E-state index is 11.9. The van der Waals surface area contributed by atoms with Gasteiger partial charge in [-0.3, -0.25) is 4.79 Å². The lowest BCUT2D eigenvalue weighted by molar-refractivity contribution is -0.131. The molecule has 0 aliphatic heterocycles. The first-order valence-corrected chi connectivity index (χ1v) is 7.44. The average Bonchev–Trinajstić information content (AvgIpc) is 3.02. The van der Waals surface area contributed by atoms with Gasteiger partial charge in [-0.1, -0.05) is 0 Å². The minimum atomic E-state index is -0.978. The zero-order valence-corrected chi connectivity index (χ0v) is 12.3. The normalized spacial score (nSPS) is 10.8. The van der Waals surface area contributed by atoms with E-state index in [1.54, 1.807) is 12.4 Å². The van der Waals surface area contributed by atoms with Gasteiger partial charge in [-0.15, -0.1) is 22.7 Å². The highest BCUT2D eigenvalue weighted by atomic mass is 32.1. The minimum Gasteiger partial charge on any atom is -0.478 e. The zero-order chi connectivity index (χ0) is 14.5. The monoisotopic (exact) mass is 308 g/mol. The van der Waals surface area contributed by atoms with Crippen molar-refractivity contribution in [2.24, 2.45) is 0 Å². The molecule has 0 atom stereocenters. The van der Waals surface area contributed by atoms with Gasteiger partial charge in [0.1, 0.15) is 4.88 Å². The van der Waals surface area contributed by atoms with Gasteiger partial charge in [0.2, 0.25) is 0 Å². The zero-order valence-electron chi connectivity index (χ0n) is 10.6. The Morgan fingerprint density at radius 3 is 2.90 bits per heavy atom. The van der Waals surface area contributed by atoms with Gasteiger partial charge in [0.25, 0.3) is 5.91 Å². The van der Waals surface area contributed by atoms with Crippen LogP contribution >= 0.6 is 22.7 Å². The largest absolute Gasteiger partial charge is 0.478 e. The van der Waals surface area contributed by atoms with Crippen LogP contribution in [0, 0.1) is 6.92 Å². The fourth-order valence-corrected chi connectivity index (χ4v) is 3.07. The average molecular weight is 308 g/mol. The number of aromatic nitrogens is 1. The Bertz CT molecular complexity index is 658. The molecule has 0 aliphatic rings. The van der Waals surface area contributed by atoms with E-state index in [0.717, 1.165) is 21.5 Å². The van der Waals surface area contributed by atoms with Crippen molar-refractivity contribution in [1.82, 2.24) is 10.3 Å². The summed E-state index contributed by atoms with van der Waals surface area (Å²) in [6.07, 6.45) is 2.63. The van der Waals surface area contributed by atoms with Crippen LogP contribution in [0.5, 0.6) is 0 Å². The summed E-state index contributed by atoms with van der Waals surface area (Å²) in [6.45, 7) is 2.22. The first-order valence-electron chi connectivity index (χ1n) is 5.74. The molecule has 0 aromatic carbocycles. The number of aliphatic carboxylic acids is 1. The smallest absolute Gasteiger partial charge is 0.328 e. The van der Waals surface area contributed by atoms with E-state index in [9.17, 15) is 9.59 Å². The van der Waals surface area contributed by atoms with E-state index in [4.69, 9.17) is 5.11 Å². The Morgan fingerprint density at radius 2 is 2.25 bits per heavy atom. The Labute approximate surface area is 123 Å². The molecule has 0 aliphatic carbocycles. The molecule has 0 fully saturated rings. The standard InChI is InChI=1S/C13H12N2O3S2/c1-8-12(19-7-15-8)13(18)14-6-10-3-2-9(20-10)4-5-11(16)17/h2-5,7H,6H2,1H3,(H,14,18)(H,16,17). The topological polar surface area (TPSA) is 79.3 Å². The lowest BCUT2D eigenvalue weighted by Crippen LogP contribution is -2.22. The highest BCUT2D eigenvalue weighted by Gasteiger charge is 2.11. The molecule has 104 valence electrons. The third-order valence-electron chi connectivity index (χ3n) is 2.45. The van der Waals surface area contributed by atoms with Crippen LogP contribution in [0.2, 0.25) is 0 Å². The molecular weight excluding hydrogens is 296 g/mol. The summed E-state index contributed by atoms with van der Waals surface area (Å²) in [4.78, 5) is 28.8. The molecule has 0 unspecified atom stereocenters. The Morgan fingerprint density at radius 1 is 1.45 bits per heavy atom. The maximum Gasteiger partial charge on any atom is 0.328 e. The van der Waals surface area contributed by atoms with Crippen LogP contribution in [0.3, 0.4) is 0 Å². The Balaban J connectivity index is 1.93. The van der Waals surface area contributed by atoms with E-state index in [-0.39, 0.29) is 5.91 Å². The molecule has 2 aromatic rings. The molecule has 0 bridgehead atoms. The number of hydrogen-bond donors (Lipinski definition) is 2. The number of carbonyl (C=O) groups excluding carboxylic acids is 1. The quantitative estimate of drug-likeness (QED) is 0.832. The van der Waals surface area contributed by atoms with Gasteiger partial charge in [0.15, 0.2) is 0 Å². The third-order valence-corrected chi connectivity index (χ3v) is 4.43. The highest BCUT2D eigenvalue weighted by molar-refractivity contribution is 7.13. The van der Waals surface area contributed by atoms with Crippen LogP contribution in [0.25, 0.3) is 6.08 Å². The van der Waals surface area contributed by atoms with Gasteiger partial charge in [0, 0.05) is 15.8 Å². The number of carboxylic acid groups (broad SMARTS) is 1. The molecule has 0 saturated carbocycles. The second-order valence-electron chi connectivity index (χ2n) is 3.93. The first-order chi connectivity index (χ1) is 9.56. The summed E-state index contributed by atoms with van der Waals surface area (Å²) in [5.41, 5.74) is 2.37. The van der Waals surface area contributed by atoms with Crippen molar-refractivity contribution in [2.45, 2.75) is 13.5 Å². The van der Waals surface area contributed by atoms with E-state index in [1.165, 1.54) is 28.7 Å². The van der Waals surface area contributed by atoms with Crippen LogP contribution < -0.4 is 5.32 Å². The summed E-state index contributed by atoms with van der Waals surface area (Å²) >= 11 is 2.75. The third kappa shape index (κ3) is 3.75. The van der Waals surface area contributed by atoms with E-state index in [0.29, 0.717) is 11.4 Å². The summed E-state index contributed by atoms with van der Waals surface area (Å²) < 4.78 is 0. The predicted octanol–water partition coefficient (Wildman–Crippen LogP) is 2.54.